The van der Waals surface area contributed by atoms with E-state index in [2.05, 4.69) is 4.90 Å². The molecular weight excluding hydrogens is 353 g/mol. The summed E-state index contributed by atoms with van der Waals surface area (Å²) in [7, 11) is -3.19. The van der Waals surface area contributed by atoms with Crippen molar-refractivity contribution in [3.05, 3.63) is 59.9 Å². The molecule has 0 spiro atoms. The Balaban J connectivity index is 1.63. The van der Waals surface area contributed by atoms with Crippen LogP contribution >= 0.6 is 0 Å². The Hall–Kier alpha value is -2.21. The highest BCUT2D eigenvalue weighted by atomic mass is 32.2. The van der Waals surface area contributed by atoms with Gasteiger partial charge in [0.25, 0.3) is 0 Å². The standard InChI is InChI=1S/C20H22FNO3S/c1-2-26(24,25)19-9-7-18(8-10-19)22-13-11-16(12-14-22)20(23)15-3-5-17(21)6-4-15/h3-10,16H,2,11-14H2,1H3. The molecule has 0 bridgehead atoms. The molecule has 0 aliphatic carbocycles. The minimum atomic E-state index is -3.19. The monoisotopic (exact) mass is 375 g/mol. The molecule has 1 aliphatic heterocycles. The number of anilines is 1. The number of carbonyl (C=O) groups excluding carboxylic acids is 1. The van der Waals surface area contributed by atoms with Crippen LogP contribution < -0.4 is 4.90 Å². The van der Waals surface area contributed by atoms with Crippen molar-refractivity contribution in [1.82, 2.24) is 0 Å². The third-order valence-electron chi connectivity index (χ3n) is 4.94. The van der Waals surface area contributed by atoms with Crippen molar-refractivity contribution in [3.63, 3.8) is 0 Å². The van der Waals surface area contributed by atoms with Crippen molar-refractivity contribution >= 4 is 21.3 Å². The first-order valence-electron chi connectivity index (χ1n) is 8.78. The fourth-order valence-electron chi connectivity index (χ4n) is 3.28. The van der Waals surface area contributed by atoms with E-state index in [9.17, 15) is 17.6 Å². The fourth-order valence-corrected chi connectivity index (χ4v) is 4.16. The first-order valence-corrected chi connectivity index (χ1v) is 10.4. The SMILES string of the molecule is CCS(=O)(=O)c1ccc(N2CCC(C(=O)c3ccc(F)cc3)CC2)cc1. The molecule has 1 fully saturated rings. The zero-order chi connectivity index (χ0) is 18.7. The quantitative estimate of drug-likeness (QED) is 0.748. The number of hydrogen-bond acceptors (Lipinski definition) is 4. The first-order chi connectivity index (χ1) is 12.4. The topological polar surface area (TPSA) is 54.5 Å². The number of ketones is 1. The zero-order valence-electron chi connectivity index (χ0n) is 14.7. The molecule has 1 heterocycles. The number of hydrogen-bond donors (Lipinski definition) is 0. The predicted octanol–water partition coefficient (Wildman–Crippen LogP) is 3.72. The van der Waals surface area contributed by atoms with Gasteiger partial charge in [-0.2, -0.15) is 0 Å². The van der Waals surface area contributed by atoms with Crippen LogP contribution in [0.4, 0.5) is 10.1 Å². The highest BCUT2D eigenvalue weighted by Crippen LogP contribution is 2.27. The predicted molar refractivity (Wildman–Crippen MR) is 99.8 cm³/mol. The molecule has 0 radical (unpaired) electrons. The molecule has 0 saturated carbocycles. The summed E-state index contributed by atoms with van der Waals surface area (Å²) < 4.78 is 36.8. The van der Waals surface area contributed by atoms with Gasteiger partial charge in [-0.05, 0) is 61.4 Å². The van der Waals surface area contributed by atoms with Crippen LogP contribution in [0.2, 0.25) is 0 Å². The van der Waals surface area contributed by atoms with Gasteiger partial charge < -0.3 is 4.90 Å². The van der Waals surface area contributed by atoms with Gasteiger partial charge in [0.15, 0.2) is 15.6 Å². The maximum absolute atomic E-state index is 13.0. The molecule has 1 saturated heterocycles. The molecule has 0 unspecified atom stereocenters. The molecule has 6 heteroatoms. The summed E-state index contributed by atoms with van der Waals surface area (Å²) in [5.74, 6) is -0.251. The maximum Gasteiger partial charge on any atom is 0.178 e. The number of rotatable bonds is 5. The summed E-state index contributed by atoms with van der Waals surface area (Å²) >= 11 is 0. The van der Waals surface area contributed by atoms with Gasteiger partial charge in [0.2, 0.25) is 0 Å². The van der Waals surface area contributed by atoms with Crippen molar-refractivity contribution < 1.29 is 17.6 Å². The van der Waals surface area contributed by atoms with E-state index in [1.807, 2.05) is 12.1 Å². The number of piperidine rings is 1. The molecule has 0 N–H and O–H groups in total. The summed E-state index contributed by atoms with van der Waals surface area (Å²) in [6.45, 7) is 3.10. The molecule has 0 aromatic heterocycles. The lowest BCUT2D eigenvalue weighted by atomic mass is 9.88. The van der Waals surface area contributed by atoms with Gasteiger partial charge >= 0.3 is 0 Å². The van der Waals surface area contributed by atoms with Gasteiger partial charge in [-0.15, -0.1) is 0 Å². The normalized spacial score (nSPS) is 15.8. The molecule has 4 nitrogen and oxygen atoms in total. The summed E-state index contributed by atoms with van der Waals surface area (Å²) in [6, 6.07) is 12.6. The van der Waals surface area contributed by atoms with Crippen molar-refractivity contribution in [2.24, 2.45) is 5.92 Å². The van der Waals surface area contributed by atoms with Crippen molar-refractivity contribution in [2.75, 3.05) is 23.7 Å². The smallest absolute Gasteiger partial charge is 0.178 e. The fraction of sp³-hybridized carbons (Fsp3) is 0.350. The van der Waals surface area contributed by atoms with Crippen molar-refractivity contribution in [3.8, 4) is 0 Å². The van der Waals surface area contributed by atoms with E-state index in [1.165, 1.54) is 24.3 Å². The van der Waals surface area contributed by atoms with Crippen LogP contribution in [-0.2, 0) is 9.84 Å². The average molecular weight is 375 g/mol. The molecule has 0 amide bonds. The van der Waals surface area contributed by atoms with Crippen LogP contribution in [0.15, 0.2) is 53.4 Å². The lowest BCUT2D eigenvalue weighted by molar-refractivity contribution is 0.0900. The van der Waals surface area contributed by atoms with Crippen molar-refractivity contribution in [1.29, 1.82) is 0 Å². The third kappa shape index (κ3) is 3.96. The van der Waals surface area contributed by atoms with Gasteiger partial charge in [0.1, 0.15) is 5.82 Å². The number of sulfone groups is 1. The van der Waals surface area contributed by atoms with E-state index in [0.29, 0.717) is 10.5 Å². The summed E-state index contributed by atoms with van der Waals surface area (Å²) in [5, 5.41) is 0. The third-order valence-corrected chi connectivity index (χ3v) is 6.69. The first kappa shape index (κ1) is 18.6. The van der Waals surface area contributed by atoms with Crippen LogP contribution in [0.1, 0.15) is 30.1 Å². The Morgan fingerprint density at radius 3 is 2.15 bits per heavy atom. The van der Waals surface area contributed by atoms with Crippen LogP contribution in [0.25, 0.3) is 0 Å². The number of carbonyl (C=O) groups is 1. The van der Waals surface area contributed by atoms with Gasteiger partial charge in [-0.1, -0.05) is 6.92 Å². The van der Waals surface area contributed by atoms with Crippen molar-refractivity contribution in [2.45, 2.75) is 24.7 Å². The number of halogens is 1. The molecular formula is C20H22FNO3S. The number of nitrogens with zero attached hydrogens (tertiary/aromatic N) is 1. The Labute approximate surface area is 153 Å². The van der Waals surface area contributed by atoms with Crippen LogP contribution in [0.3, 0.4) is 0 Å². The van der Waals surface area contributed by atoms with E-state index >= 15 is 0 Å². The van der Waals surface area contributed by atoms with E-state index in [4.69, 9.17) is 0 Å². The molecule has 3 rings (SSSR count). The second-order valence-corrected chi connectivity index (χ2v) is 8.81. The Morgan fingerprint density at radius 2 is 1.62 bits per heavy atom. The molecule has 138 valence electrons. The van der Waals surface area contributed by atoms with Crippen LogP contribution in [0.5, 0.6) is 0 Å². The second kappa shape index (κ2) is 7.58. The summed E-state index contributed by atoms with van der Waals surface area (Å²) in [4.78, 5) is 15.0. The van der Waals surface area contributed by atoms with Gasteiger partial charge in [0, 0.05) is 30.3 Å². The lowest BCUT2D eigenvalue weighted by Crippen LogP contribution is -2.36. The largest absolute Gasteiger partial charge is 0.371 e. The zero-order valence-corrected chi connectivity index (χ0v) is 15.5. The van der Waals surface area contributed by atoms with E-state index in [0.717, 1.165) is 31.6 Å². The number of Topliss-reactive ketones (excluding diaryl/α,β-unsaturated/α-hetero) is 1. The maximum atomic E-state index is 13.0. The Bertz CT molecular complexity index is 868. The Kier molecular flexibility index (Phi) is 5.41. The highest BCUT2D eigenvalue weighted by molar-refractivity contribution is 7.91. The summed E-state index contributed by atoms with van der Waals surface area (Å²) in [6.07, 6.45) is 1.45. The van der Waals surface area contributed by atoms with Gasteiger partial charge in [0.05, 0.1) is 10.6 Å². The minimum Gasteiger partial charge on any atom is -0.371 e. The number of benzene rings is 2. The summed E-state index contributed by atoms with van der Waals surface area (Å²) in [5.41, 5.74) is 1.52. The van der Waals surface area contributed by atoms with Gasteiger partial charge in [-0.3, -0.25) is 4.79 Å². The molecule has 2 aromatic carbocycles. The van der Waals surface area contributed by atoms with E-state index in [-0.39, 0.29) is 23.3 Å². The Morgan fingerprint density at radius 1 is 1.04 bits per heavy atom. The molecule has 26 heavy (non-hydrogen) atoms. The molecule has 0 atom stereocenters. The average Bonchev–Trinajstić information content (AvgIpc) is 2.68. The van der Waals surface area contributed by atoms with Crippen LogP contribution in [-0.4, -0.2) is 33.0 Å². The second-order valence-electron chi connectivity index (χ2n) is 6.53. The van der Waals surface area contributed by atoms with E-state index < -0.39 is 9.84 Å². The minimum absolute atomic E-state index is 0.0588. The highest BCUT2D eigenvalue weighted by Gasteiger charge is 2.26. The van der Waals surface area contributed by atoms with Crippen LogP contribution in [0, 0.1) is 11.7 Å². The lowest BCUT2D eigenvalue weighted by Gasteiger charge is -2.33. The van der Waals surface area contributed by atoms with E-state index in [1.54, 1.807) is 19.1 Å². The molecule has 2 aromatic rings. The molecule has 1 aliphatic rings. The van der Waals surface area contributed by atoms with Gasteiger partial charge in [-0.25, -0.2) is 12.8 Å².